The zero-order valence-electron chi connectivity index (χ0n) is 14.8. The van der Waals surface area contributed by atoms with Crippen molar-refractivity contribution in [3.8, 4) is 11.5 Å². The number of nitrogens with zero attached hydrogens (tertiary/aromatic N) is 2. The van der Waals surface area contributed by atoms with Crippen molar-refractivity contribution in [2.75, 3.05) is 20.8 Å². The van der Waals surface area contributed by atoms with Gasteiger partial charge in [0.1, 0.15) is 0 Å². The Bertz CT molecular complexity index is 731. The first-order chi connectivity index (χ1) is 12.0. The van der Waals surface area contributed by atoms with Crippen LogP contribution in [0.1, 0.15) is 48.3 Å². The molecule has 7 nitrogen and oxygen atoms in total. The van der Waals surface area contributed by atoms with Crippen molar-refractivity contribution < 1.29 is 18.8 Å². The van der Waals surface area contributed by atoms with Crippen LogP contribution in [-0.2, 0) is 6.42 Å². The van der Waals surface area contributed by atoms with E-state index in [1.165, 1.54) is 0 Å². The topological polar surface area (TPSA) is 86.5 Å². The third-order valence-corrected chi connectivity index (χ3v) is 4.46. The van der Waals surface area contributed by atoms with Crippen molar-refractivity contribution in [3.63, 3.8) is 0 Å². The largest absolute Gasteiger partial charge is 0.493 e. The lowest BCUT2D eigenvalue weighted by Gasteiger charge is -2.12. The number of aromatic nitrogens is 2. The number of carbonyl (C=O) groups excluding carboxylic acids is 1. The van der Waals surface area contributed by atoms with E-state index in [0.29, 0.717) is 41.7 Å². The van der Waals surface area contributed by atoms with Gasteiger partial charge in [-0.3, -0.25) is 4.79 Å². The molecule has 1 aromatic heterocycles. The number of amides is 1. The predicted octanol–water partition coefficient (Wildman–Crippen LogP) is 3.18. The van der Waals surface area contributed by atoms with Crippen LogP contribution >= 0.6 is 22.6 Å². The highest BCUT2D eigenvalue weighted by molar-refractivity contribution is 14.1. The van der Waals surface area contributed by atoms with Crippen LogP contribution in [-0.4, -0.2) is 36.8 Å². The van der Waals surface area contributed by atoms with Crippen molar-refractivity contribution in [2.24, 2.45) is 0 Å². The molecule has 0 radical (unpaired) electrons. The molecule has 1 heterocycles. The Kier molecular flexibility index (Phi) is 7.03. The number of carbonyl (C=O) groups is 1. The Morgan fingerprint density at radius 3 is 2.56 bits per heavy atom. The lowest BCUT2D eigenvalue weighted by atomic mass is 10.2. The summed E-state index contributed by atoms with van der Waals surface area (Å²) in [6.07, 6.45) is 1.35. The second-order valence-electron chi connectivity index (χ2n) is 5.75. The van der Waals surface area contributed by atoms with Crippen molar-refractivity contribution in [1.29, 1.82) is 0 Å². The molecule has 2 rings (SSSR count). The molecule has 136 valence electrons. The van der Waals surface area contributed by atoms with Gasteiger partial charge in [-0.15, -0.1) is 0 Å². The SMILES string of the molecule is COc1cc(I)c(C(=O)NCCCc2nc(C(C)C)no2)cc1OC. The summed E-state index contributed by atoms with van der Waals surface area (Å²) < 4.78 is 16.5. The fraction of sp³-hybridized carbons (Fsp3) is 0.471. The molecule has 1 N–H and O–H groups in total. The third kappa shape index (κ3) is 5.07. The Hall–Kier alpha value is -1.84. The minimum Gasteiger partial charge on any atom is -0.493 e. The minimum absolute atomic E-state index is 0.154. The van der Waals surface area contributed by atoms with Crippen molar-refractivity contribution in [3.05, 3.63) is 33.0 Å². The van der Waals surface area contributed by atoms with Crippen molar-refractivity contribution >= 4 is 28.5 Å². The summed E-state index contributed by atoms with van der Waals surface area (Å²) in [5.74, 6) is 2.52. The maximum Gasteiger partial charge on any atom is 0.252 e. The first-order valence-electron chi connectivity index (χ1n) is 7.98. The fourth-order valence-corrected chi connectivity index (χ4v) is 2.85. The van der Waals surface area contributed by atoms with E-state index in [1.807, 2.05) is 13.8 Å². The standard InChI is InChI=1S/C17H22IN3O4/c1-10(2)16-20-15(25-21-16)6-5-7-19-17(22)11-8-13(23-3)14(24-4)9-12(11)18/h8-10H,5-7H2,1-4H3,(H,19,22). The Morgan fingerprint density at radius 2 is 1.96 bits per heavy atom. The quantitative estimate of drug-likeness (QED) is 0.482. The van der Waals surface area contributed by atoms with E-state index >= 15 is 0 Å². The van der Waals surface area contributed by atoms with Crippen LogP contribution in [0.4, 0.5) is 0 Å². The van der Waals surface area contributed by atoms with Crippen LogP contribution in [0.15, 0.2) is 16.7 Å². The van der Waals surface area contributed by atoms with Gasteiger partial charge in [-0.25, -0.2) is 0 Å². The highest BCUT2D eigenvalue weighted by atomic mass is 127. The molecule has 0 fully saturated rings. The molecule has 2 aromatic rings. The van der Waals surface area contributed by atoms with Crippen LogP contribution in [0.5, 0.6) is 11.5 Å². The summed E-state index contributed by atoms with van der Waals surface area (Å²) in [4.78, 5) is 16.7. The van der Waals surface area contributed by atoms with E-state index in [1.54, 1.807) is 26.4 Å². The molecule has 0 saturated carbocycles. The van der Waals surface area contributed by atoms with Crippen LogP contribution in [0.3, 0.4) is 0 Å². The highest BCUT2D eigenvalue weighted by Gasteiger charge is 2.15. The Morgan fingerprint density at radius 1 is 1.28 bits per heavy atom. The third-order valence-electron chi connectivity index (χ3n) is 3.57. The number of aryl methyl sites for hydroxylation is 1. The number of nitrogens with one attached hydrogen (secondary N) is 1. The van der Waals surface area contributed by atoms with Crippen LogP contribution < -0.4 is 14.8 Å². The minimum atomic E-state index is -0.154. The van der Waals surface area contributed by atoms with Gasteiger partial charge in [0.25, 0.3) is 5.91 Å². The maximum atomic E-state index is 12.4. The number of halogens is 1. The van der Waals surface area contributed by atoms with Gasteiger partial charge in [-0.2, -0.15) is 4.98 Å². The molecule has 0 aliphatic rings. The Labute approximate surface area is 160 Å². The van der Waals surface area contributed by atoms with Crippen molar-refractivity contribution in [1.82, 2.24) is 15.5 Å². The second-order valence-corrected chi connectivity index (χ2v) is 6.91. The molecular weight excluding hydrogens is 437 g/mol. The first kappa shape index (κ1) is 19.5. The maximum absolute atomic E-state index is 12.4. The number of rotatable bonds is 8. The van der Waals surface area contributed by atoms with Gasteiger partial charge in [0.2, 0.25) is 5.89 Å². The van der Waals surface area contributed by atoms with E-state index in [-0.39, 0.29) is 11.8 Å². The Balaban J connectivity index is 1.89. The normalized spacial score (nSPS) is 10.8. The summed E-state index contributed by atoms with van der Waals surface area (Å²) in [6.45, 7) is 4.54. The van der Waals surface area contributed by atoms with E-state index < -0.39 is 0 Å². The average Bonchev–Trinajstić information content (AvgIpc) is 3.07. The van der Waals surface area contributed by atoms with E-state index in [0.717, 1.165) is 9.99 Å². The first-order valence-corrected chi connectivity index (χ1v) is 9.06. The molecule has 0 unspecified atom stereocenters. The lowest BCUT2D eigenvalue weighted by molar-refractivity contribution is 0.0951. The molecular formula is C17H22IN3O4. The number of benzene rings is 1. The van der Waals surface area contributed by atoms with E-state index in [2.05, 4.69) is 38.0 Å². The summed E-state index contributed by atoms with van der Waals surface area (Å²) in [7, 11) is 3.11. The van der Waals surface area contributed by atoms with E-state index in [4.69, 9.17) is 14.0 Å². The van der Waals surface area contributed by atoms with Gasteiger partial charge in [-0.05, 0) is 41.1 Å². The molecule has 0 aliphatic heterocycles. The van der Waals surface area contributed by atoms with Gasteiger partial charge >= 0.3 is 0 Å². The van der Waals surface area contributed by atoms with E-state index in [9.17, 15) is 4.79 Å². The number of hydrogen-bond acceptors (Lipinski definition) is 6. The zero-order chi connectivity index (χ0) is 18.4. The molecule has 1 aromatic carbocycles. The average molecular weight is 459 g/mol. The van der Waals surface area contributed by atoms with Gasteiger partial charge in [-0.1, -0.05) is 19.0 Å². The molecule has 0 saturated heterocycles. The predicted molar refractivity (Wildman–Crippen MR) is 101 cm³/mol. The second kappa shape index (κ2) is 9.02. The monoisotopic (exact) mass is 459 g/mol. The van der Waals surface area contributed by atoms with Gasteiger partial charge in [0.15, 0.2) is 17.3 Å². The molecule has 0 atom stereocenters. The molecule has 0 aliphatic carbocycles. The van der Waals surface area contributed by atoms with Gasteiger partial charge in [0.05, 0.1) is 19.8 Å². The summed E-state index contributed by atoms with van der Waals surface area (Å²) in [5, 5.41) is 6.82. The smallest absolute Gasteiger partial charge is 0.252 e. The molecule has 0 spiro atoms. The zero-order valence-corrected chi connectivity index (χ0v) is 16.9. The van der Waals surface area contributed by atoms with Gasteiger partial charge in [0, 0.05) is 22.5 Å². The van der Waals surface area contributed by atoms with Crippen LogP contribution in [0.25, 0.3) is 0 Å². The van der Waals surface area contributed by atoms with Crippen LogP contribution in [0.2, 0.25) is 0 Å². The molecule has 25 heavy (non-hydrogen) atoms. The fourth-order valence-electron chi connectivity index (χ4n) is 2.17. The summed E-state index contributed by atoms with van der Waals surface area (Å²) in [5.41, 5.74) is 0.554. The molecule has 8 heteroatoms. The lowest BCUT2D eigenvalue weighted by Crippen LogP contribution is -2.25. The number of hydrogen-bond donors (Lipinski definition) is 1. The van der Waals surface area contributed by atoms with Crippen LogP contribution in [0, 0.1) is 3.57 Å². The van der Waals surface area contributed by atoms with Crippen molar-refractivity contribution in [2.45, 2.75) is 32.6 Å². The highest BCUT2D eigenvalue weighted by Crippen LogP contribution is 2.31. The van der Waals surface area contributed by atoms with Gasteiger partial charge < -0.3 is 19.3 Å². The number of ether oxygens (including phenoxy) is 2. The summed E-state index contributed by atoms with van der Waals surface area (Å²) >= 11 is 2.11. The molecule has 0 bridgehead atoms. The number of methoxy groups -OCH3 is 2. The summed E-state index contributed by atoms with van der Waals surface area (Å²) in [6, 6.07) is 3.46. The molecule has 1 amide bonds.